The van der Waals surface area contributed by atoms with Gasteiger partial charge in [-0.3, -0.25) is 0 Å². The van der Waals surface area contributed by atoms with E-state index < -0.39 is 0 Å². The lowest BCUT2D eigenvalue weighted by atomic mass is 9.90. The van der Waals surface area contributed by atoms with E-state index in [4.69, 9.17) is 5.73 Å². The second kappa shape index (κ2) is 5.13. The van der Waals surface area contributed by atoms with Gasteiger partial charge in [0, 0.05) is 12.6 Å². The van der Waals surface area contributed by atoms with Gasteiger partial charge < -0.3 is 11.1 Å². The number of hydrogen-bond donors (Lipinski definition) is 2. The van der Waals surface area contributed by atoms with Crippen LogP contribution in [0.2, 0.25) is 0 Å². The van der Waals surface area contributed by atoms with Gasteiger partial charge in [-0.05, 0) is 43.6 Å². The molecule has 14 heavy (non-hydrogen) atoms. The first kappa shape index (κ1) is 12.0. The Bertz CT molecular complexity index is 162. The Hall–Kier alpha value is -0.0800. The summed E-state index contributed by atoms with van der Waals surface area (Å²) >= 11 is 0. The topological polar surface area (TPSA) is 38.0 Å². The molecule has 0 radical (unpaired) electrons. The Labute approximate surface area is 88.6 Å². The van der Waals surface area contributed by atoms with Crippen molar-refractivity contribution in [1.29, 1.82) is 0 Å². The van der Waals surface area contributed by atoms with Crippen LogP contribution >= 0.6 is 0 Å². The molecule has 0 aromatic heterocycles. The predicted molar refractivity (Wildman–Crippen MR) is 62.3 cm³/mol. The Morgan fingerprint density at radius 3 is 2.57 bits per heavy atom. The summed E-state index contributed by atoms with van der Waals surface area (Å²) < 4.78 is 0. The van der Waals surface area contributed by atoms with E-state index in [1.54, 1.807) is 0 Å². The molecule has 1 aliphatic rings. The predicted octanol–water partition coefficient (Wildman–Crippen LogP) is 2.14. The Morgan fingerprint density at radius 2 is 2.07 bits per heavy atom. The maximum absolute atomic E-state index is 6.02. The van der Waals surface area contributed by atoms with E-state index in [1.165, 1.54) is 19.3 Å². The van der Waals surface area contributed by atoms with E-state index in [0.29, 0.717) is 11.5 Å². The van der Waals surface area contributed by atoms with Gasteiger partial charge in [0.2, 0.25) is 0 Å². The van der Waals surface area contributed by atoms with E-state index in [1.807, 2.05) is 0 Å². The van der Waals surface area contributed by atoms with E-state index in [2.05, 4.69) is 26.1 Å². The highest BCUT2D eigenvalue weighted by molar-refractivity contribution is 4.84. The lowest BCUT2D eigenvalue weighted by Crippen LogP contribution is -2.33. The Kier molecular flexibility index (Phi) is 4.39. The quantitative estimate of drug-likeness (QED) is 0.615. The number of rotatable bonds is 7. The van der Waals surface area contributed by atoms with Crippen LogP contribution in [0.4, 0.5) is 0 Å². The third kappa shape index (κ3) is 4.43. The highest BCUT2D eigenvalue weighted by atomic mass is 14.9. The van der Waals surface area contributed by atoms with Crippen molar-refractivity contribution < 1.29 is 0 Å². The molecule has 0 saturated heterocycles. The Morgan fingerprint density at radius 1 is 1.43 bits per heavy atom. The van der Waals surface area contributed by atoms with Crippen LogP contribution < -0.4 is 11.1 Å². The summed E-state index contributed by atoms with van der Waals surface area (Å²) in [6.45, 7) is 9.06. The molecule has 1 unspecified atom stereocenters. The van der Waals surface area contributed by atoms with Crippen molar-refractivity contribution in [3.63, 3.8) is 0 Å². The summed E-state index contributed by atoms with van der Waals surface area (Å²) in [7, 11) is 0. The Balaban J connectivity index is 1.98. The molecule has 3 N–H and O–H groups in total. The van der Waals surface area contributed by atoms with Crippen molar-refractivity contribution in [3.05, 3.63) is 0 Å². The van der Waals surface area contributed by atoms with Crippen molar-refractivity contribution in [1.82, 2.24) is 5.32 Å². The van der Waals surface area contributed by atoms with Crippen molar-refractivity contribution in [2.75, 3.05) is 13.1 Å². The van der Waals surface area contributed by atoms with Crippen LogP contribution in [0.5, 0.6) is 0 Å². The zero-order chi connectivity index (χ0) is 10.6. The molecule has 1 rings (SSSR count). The molecule has 1 aliphatic carbocycles. The molecule has 0 aromatic carbocycles. The SMILES string of the molecule is CCC(C)(C)CNCCC(N)C1CC1. The van der Waals surface area contributed by atoms with Crippen LogP contribution in [0.25, 0.3) is 0 Å². The highest BCUT2D eigenvalue weighted by Crippen LogP contribution is 2.32. The van der Waals surface area contributed by atoms with Gasteiger partial charge in [0.05, 0.1) is 0 Å². The van der Waals surface area contributed by atoms with E-state index >= 15 is 0 Å². The van der Waals surface area contributed by atoms with Gasteiger partial charge >= 0.3 is 0 Å². The van der Waals surface area contributed by atoms with Gasteiger partial charge in [0.25, 0.3) is 0 Å². The molecule has 0 spiro atoms. The number of hydrogen-bond acceptors (Lipinski definition) is 2. The monoisotopic (exact) mass is 198 g/mol. The normalized spacial score (nSPS) is 19.7. The molecule has 84 valence electrons. The molecule has 0 aromatic rings. The first-order valence-corrected chi connectivity index (χ1v) is 6.01. The molecule has 0 bridgehead atoms. The van der Waals surface area contributed by atoms with Crippen molar-refractivity contribution in [3.8, 4) is 0 Å². The second-order valence-electron chi connectivity index (χ2n) is 5.48. The largest absolute Gasteiger partial charge is 0.327 e. The zero-order valence-electron chi connectivity index (χ0n) is 9.97. The molecular weight excluding hydrogens is 172 g/mol. The maximum Gasteiger partial charge on any atom is 0.00792 e. The van der Waals surface area contributed by atoms with Crippen LogP contribution in [-0.2, 0) is 0 Å². The summed E-state index contributed by atoms with van der Waals surface area (Å²) in [5.74, 6) is 0.844. The van der Waals surface area contributed by atoms with Crippen LogP contribution in [0.1, 0.15) is 46.5 Å². The second-order valence-corrected chi connectivity index (χ2v) is 5.48. The average molecular weight is 198 g/mol. The van der Waals surface area contributed by atoms with Gasteiger partial charge in [-0.1, -0.05) is 20.8 Å². The molecule has 0 amide bonds. The number of nitrogens with two attached hydrogens (primary N) is 1. The van der Waals surface area contributed by atoms with Crippen LogP contribution in [0.15, 0.2) is 0 Å². The lowest BCUT2D eigenvalue weighted by Gasteiger charge is -2.23. The summed E-state index contributed by atoms with van der Waals surface area (Å²) in [5.41, 5.74) is 6.46. The summed E-state index contributed by atoms with van der Waals surface area (Å²) in [6.07, 6.45) is 5.10. The van der Waals surface area contributed by atoms with Gasteiger partial charge in [-0.15, -0.1) is 0 Å². The third-order valence-corrected chi connectivity index (χ3v) is 3.44. The van der Waals surface area contributed by atoms with Crippen LogP contribution in [0, 0.1) is 11.3 Å². The van der Waals surface area contributed by atoms with Gasteiger partial charge in [-0.2, -0.15) is 0 Å². The van der Waals surface area contributed by atoms with E-state index in [-0.39, 0.29) is 0 Å². The van der Waals surface area contributed by atoms with Crippen molar-refractivity contribution >= 4 is 0 Å². The maximum atomic E-state index is 6.02. The summed E-state index contributed by atoms with van der Waals surface area (Å²) in [5, 5.41) is 3.51. The van der Waals surface area contributed by atoms with Crippen molar-refractivity contribution in [2.24, 2.45) is 17.1 Å². The molecular formula is C12H26N2. The van der Waals surface area contributed by atoms with E-state index in [9.17, 15) is 0 Å². The average Bonchev–Trinajstić information content (AvgIpc) is 2.95. The zero-order valence-corrected chi connectivity index (χ0v) is 9.97. The van der Waals surface area contributed by atoms with E-state index in [0.717, 1.165) is 25.4 Å². The fourth-order valence-corrected chi connectivity index (χ4v) is 1.58. The molecule has 1 saturated carbocycles. The lowest BCUT2D eigenvalue weighted by molar-refractivity contribution is 0.324. The molecule has 0 heterocycles. The molecule has 0 aliphatic heterocycles. The molecule has 1 atom stereocenters. The first-order valence-electron chi connectivity index (χ1n) is 6.01. The van der Waals surface area contributed by atoms with Crippen molar-refractivity contribution in [2.45, 2.75) is 52.5 Å². The molecule has 2 nitrogen and oxygen atoms in total. The van der Waals surface area contributed by atoms with Crippen LogP contribution in [-0.4, -0.2) is 19.1 Å². The van der Waals surface area contributed by atoms with Gasteiger partial charge in [0.1, 0.15) is 0 Å². The first-order chi connectivity index (χ1) is 6.55. The minimum Gasteiger partial charge on any atom is -0.327 e. The highest BCUT2D eigenvalue weighted by Gasteiger charge is 2.27. The minimum atomic E-state index is 0.434. The van der Waals surface area contributed by atoms with Gasteiger partial charge in [-0.25, -0.2) is 0 Å². The smallest absolute Gasteiger partial charge is 0.00792 e. The number of nitrogens with one attached hydrogen (secondary N) is 1. The third-order valence-electron chi connectivity index (χ3n) is 3.44. The molecule has 1 fully saturated rings. The summed E-state index contributed by atoms with van der Waals surface area (Å²) in [4.78, 5) is 0. The van der Waals surface area contributed by atoms with Gasteiger partial charge in [0.15, 0.2) is 0 Å². The standard InChI is InChI=1S/C12H26N2/c1-4-12(2,3)9-14-8-7-11(13)10-5-6-10/h10-11,14H,4-9,13H2,1-3H3. The van der Waals surface area contributed by atoms with Crippen LogP contribution in [0.3, 0.4) is 0 Å². The fraction of sp³-hybridized carbons (Fsp3) is 1.00. The summed E-state index contributed by atoms with van der Waals surface area (Å²) in [6, 6.07) is 0.451. The minimum absolute atomic E-state index is 0.434. The molecule has 2 heteroatoms. The fourth-order valence-electron chi connectivity index (χ4n) is 1.58.